The van der Waals surface area contributed by atoms with E-state index in [0.29, 0.717) is 16.8 Å². The maximum absolute atomic E-state index is 10.7. The highest BCUT2D eigenvalue weighted by molar-refractivity contribution is 6.22. The van der Waals surface area contributed by atoms with Crippen LogP contribution >= 0.6 is 0 Å². The number of hydrogen-bond donors (Lipinski definition) is 0. The van der Waals surface area contributed by atoms with Gasteiger partial charge in [0, 0.05) is 43.6 Å². The van der Waals surface area contributed by atoms with Crippen LogP contribution in [0.2, 0.25) is 0 Å². The van der Waals surface area contributed by atoms with Crippen LogP contribution in [0.4, 0.5) is 0 Å². The van der Waals surface area contributed by atoms with E-state index in [1.54, 1.807) is 6.07 Å². The fraction of sp³-hybridized carbons (Fsp3) is 0. The van der Waals surface area contributed by atoms with Crippen LogP contribution in [0.15, 0.2) is 150 Å². The molecule has 3 aromatic heterocycles. The second kappa shape index (κ2) is 10.2. The molecule has 3 heterocycles. The predicted octanol–water partition coefficient (Wildman–Crippen LogP) is 11.2. The van der Waals surface area contributed by atoms with Gasteiger partial charge in [0.05, 0.1) is 45.0 Å². The molecule has 0 N–H and O–H groups in total. The summed E-state index contributed by atoms with van der Waals surface area (Å²) in [5.74, 6) is 0. The minimum absolute atomic E-state index is 0.413. The molecule has 0 saturated heterocycles. The fourth-order valence-electron chi connectivity index (χ4n) is 7.70. The third-order valence-corrected chi connectivity index (χ3v) is 9.78. The highest BCUT2D eigenvalue weighted by Gasteiger charge is 2.24. The smallest absolute Gasteiger partial charge is 0.160 e. The molecular formula is C44H24N4O. The monoisotopic (exact) mass is 624 g/mol. The van der Waals surface area contributed by atoms with E-state index in [1.807, 2.05) is 36.4 Å². The number of hydrogen-bond acceptors (Lipinski definition) is 3. The van der Waals surface area contributed by atoms with Crippen LogP contribution < -0.4 is 0 Å². The summed E-state index contributed by atoms with van der Waals surface area (Å²) in [6.45, 7) is 0. The molecule has 7 aromatic carbocycles. The largest absolute Gasteiger partial charge is 0.454 e. The zero-order chi connectivity index (χ0) is 32.6. The van der Waals surface area contributed by atoms with E-state index in [4.69, 9.17) is 4.42 Å². The van der Waals surface area contributed by atoms with Crippen LogP contribution in [0.25, 0.3) is 88.1 Å². The van der Waals surface area contributed by atoms with Gasteiger partial charge in [-0.3, -0.25) is 0 Å². The van der Waals surface area contributed by atoms with Gasteiger partial charge in [-0.15, -0.1) is 0 Å². The fourth-order valence-corrected chi connectivity index (χ4v) is 7.70. The Kier molecular flexibility index (Phi) is 5.64. The van der Waals surface area contributed by atoms with Crippen molar-refractivity contribution in [1.82, 2.24) is 9.13 Å². The molecule has 5 nitrogen and oxygen atoms in total. The number of fused-ring (bicyclic) bond motifs is 10. The molecule has 49 heavy (non-hydrogen) atoms. The van der Waals surface area contributed by atoms with Crippen LogP contribution in [-0.4, -0.2) is 9.13 Å². The van der Waals surface area contributed by atoms with Gasteiger partial charge in [-0.1, -0.05) is 91.0 Å². The van der Waals surface area contributed by atoms with Crippen LogP contribution in [0.1, 0.15) is 11.1 Å². The van der Waals surface area contributed by atoms with E-state index in [1.165, 1.54) is 10.8 Å². The molecule has 10 rings (SSSR count). The molecule has 0 saturated carbocycles. The Morgan fingerprint density at radius 1 is 0.490 bits per heavy atom. The number of aromatic nitrogens is 2. The van der Waals surface area contributed by atoms with E-state index in [-0.39, 0.29) is 0 Å². The summed E-state index contributed by atoms with van der Waals surface area (Å²) in [6.07, 6.45) is 0. The quantitative estimate of drug-likeness (QED) is 0.196. The van der Waals surface area contributed by atoms with Gasteiger partial charge in [-0.25, -0.2) is 0 Å². The summed E-state index contributed by atoms with van der Waals surface area (Å²) in [5, 5.41) is 27.3. The highest BCUT2D eigenvalue weighted by Crippen LogP contribution is 2.43. The Morgan fingerprint density at radius 3 is 1.71 bits per heavy atom. The number of nitrogens with zero attached hydrogens (tertiary/aromatic N) is 4. The van der Waals surface area contributed by atoms with Crippen molar-refractivity contribution in [1.29, 1.82) is 10.5 Å². The Bertz CT molecular complexity index is 3020. The number of para-hydroxylation sites is 4. The van der Waals surface area contributed by atoms with E-state index >= 15 is 0 Å². The molecule has 226 valence electrons. The molecule has 0 fully saturated rings. The van der Waals surface area contributed by atoms with Crippen molar-refractivity contribution in [2.45, 2.75) is 0 Å². The first kappa shape index (κ1) is 27.1. The van der Waals surface area contributed by atoms with Crippen molar-refractivity contribution < 1.29 is 4.42 Å². The Morgan fingerprint density at radius 2 is 1.06 bits per heavy atom. The lowest BCUT2D eigenvalue weighted by Gasteiger charge is -2.17. The number of nitriles is 2. The second-order valence-electron chi connectivity index (χ2n) is 12.3. The third-order valence-electron chi connectivity index (χ3n) is 9.78. The molecular weight excluding hydrogens is 601 g/mol. The number of benzene rings is 7. The van der Waals surface area contributed by atoms with Gasteiger partial charge in [0.15, 0.2) is 5.58 Å². The van der Waals surface area contributed by atoms with Crippen molar-refractivity contribution in [3.05, 3.63) is 157 Å². The number of furan rings is 1. The Labute approximate surface area is 280 Å². The summed E-state index contributed by atoms with van der Waals surface area (Å²) >= 11 is 0. The maximum atomic E-state index is 10.7. The van der Waals surface area contributed by atoms with Crippen LogP contribution in [0.5, 0.6) is 0 Å². The normalized spacial score (nSPS) is 11.6. The van der Waals surface area contributed by atoms with Gasteiger partial charge in [0.1, 0.15) is 11.7 Å². The van der Waals surface area contributed by atoms with Gasteiger partial charge in [0.25, 0.3) is 0 Å². The first-order chi connectivity index (χ1) is 24.2. The minimum atomic E-state index is 0.413. The molecule has 5 heteroatoms. The maximum Gasteiger partial charge on any atom is 0.160 e. The molecule has 0 unspecified atom stereocenters. The van der Waals surface area contributed by atoms with Crippen LogP contribution in [-0.2, 0) is 0 Å². The average Bonchev–Trinajstić information content (AvgIpc) is 3.82. The third kappa shape index (κ3) is 3.79. The molecule has 10 aromatic rings. The van der Waals surface area contributed by atoms with Crippen molar-refractivity contribution in [3.8, 4) is 34.6 Å². The lowest BCUT2D eigenvalue weighted by molar-refractivity contribution is 0.671. The first-order valence-electron chi connectivity index (χ1n) is 16.1. The lowest BCUT2D eigenvalue weighted by atomic mass is 9.96. The number of rotatable bonds is 3. The predicted molar refractivity (Wildman–Crippen MR) is 197 cm³/mol. The molecule has 0 amide bonds. The van der Waals surface area contributed by atoms with Gasteiger partial charge in [-0.2, -0.15) is 10.5 Å². The molecule has 0 atom stereocenters. The van der Waals surface area contributed by atoms with Crippen LogP contribution in [0, 0.1) is 22.7 Å². The topological polar surface area (TPSA) is 70.6 Å². The van der Waals surface area contributed by atoms with E-state index in [0.717, 1.165) is 71.6 Å². The van der Waals surface area contributed by atoms with Gasteiger partial charge >= 0.3 is 0 Å². The molecule has 0 aliphatic rings. The molecule has 0 bridgehead atoms. The lowest BCUT2D eigenvalue weighted by Crippen LogP contribution is -2.02. The summed E-state index contributed by atoms with van der Waals surface area (Å²) < 4.78 is 11.0. The van der Waals surface area contributed by atoms with Gasteiger partial charge in [-0.05, 0) is 60.2 Å². The Balaban J connectivity index is 1.27. The van der Waals surface area contributed by atoms with Crippen molar-refractivity contribution in [2.75, 3.05) is 0 Å². The SMILES string of the molecule is N#Cc1cc(C#N)c(-n2c3ccccc3c3ccc4c5ccccc5oc4c32)c(-c2ccc(-n3c4ccccc4c4ccccc43)cc2)c1. The zero-order valence-corrected chi connectivity index (χ0v) is 26.1. The summed E-state index contributed by atoms with van der Waals surface area (Å²) in [6, 6.07) is 54.2. The Hall–Kier alpha value is -7.08. The summed E-state index contributed by atoms with van der Waals surface area (Å²) in [4.78, 5) is 0. The molecule has 0 radical (unpaired) electrons. The standard InChI is InChI=1S/C44H24N4O/c45-25-27-23-29(26-46)42(48-40-15-7-3-11-33(40)35-21-22-36-34-12-4-8-16-41(34)49-44(36)43(35)48)37(24-27)28-17-19-30(20-18-28)47-38-13-5-1-9-31(38)32-10-2-6-14-39(32)47/h1-24H. The van der Waals surface area contributed by atoms with E-state index in [9.17, 15) is 10.5 Å². The van der Waals surface area contributed by atoms with E-state index in [2.05, 4.69) is 124 Å². The average molecular weight is 625 g/mol. The second-order valence-corrected chi connectivity index (χ2v) is 12.3. The molecule has 0 aliphatic carbocycles. The minimum Gasteiger partial charge on any atom is -0.454 e. The first-order valence-corrected chi connectivity index (χ1v) is 16.1. The molecule has 0 aliphatic heterocycles. The van der Waals surface area contributed by atoms with Gasteiger partial charge < -0.3 is 13.6 Å². The van der Waals surface area contributed by atoms with E-state index < -0.39 is 0 Å². The van der Waals surface area contributed by atoms with Crippen molar-refractivity contribution >= 4 is 65.6 Å². The highest BCUT2D eigenvalue weighted by atomic mass is 16.3. The van der Waals surface area contributed by atoms with Gasteiger partial charge in [0.2, 0.25) is 0 Å². The van der Waals surface area contributed by atoms with Crippen LogP contribution in [0.3, 0.4) is 0 Å². The summed E-state index contributed by atoms with van der Waals surface area (Å²) in [5.41, 5.74) is 9.95. The zero-order valence-electron chi connectivity index (χ0n) is 26.1. The molecule has 0 spiro atoms. The van der Waals surface area contributed by atoms with Crippen molar-refractivity contribution in [3.63, 3.8) is 0 Å². The summed E-state index contributed by atoms with van der Waals surface area (Å²) in [7, 11) is 0. The van der Waals surface area contributed by atoms with Crippen molar-refractivity contribution in [2.24, 2.45) is 0 Å².